The van der Waals surface area contributed by atoms with Gasteiger partial charge in [0, 0.05) is 33.8 Å². The minimum atomic E-state index is -4.45. The predicted molar refractivity (Wildman–Crippen MR) is 134 cm³/mol. The normalized spacial score (nSPS) is 17.9. The number of allylic oxidation sites excluding steroid dienone is 1. The van der Waals surface area contributed by atoms with Gasteiger partial charge in [-0.15, -0.1) is 11.3 Å². The number of aliphatic imine (C=N–C) groups is 1. The first-order valence-electron chi connectivity index (χ1n) is 11.2. The van der Waals surface area contributed by atoms with Gasteiger partial charge in [-0.25, -0.2) is 9.78 Å². The molecule has 0 bridgehead atoms. The van der Waals surface area contributed by atoms with Gasteiger partial charge in [-0.3, -0.25) is 9.79 Å². The highest BCUT2D eigenvalue weighted by molar-refractivity contribution is 7.13. The fourth-order valence-electron chi connectivity index (χ4n) is 4.46. The minimum Gasteiger partial charge on any atom is -0.468 e. The molecule has 0 N–H and O–H groups in total. The van der Waals surface area contributed by atoms with Crippen LogP contribution in [0.25, 0.3) is 21.8 Å². The Morgan fingerprint density at radius 2 is 1.68 bits per heavy atom. The molecule has 2 unspecified atom stereocenters. The molecule has 2 heterocycles. The second-order valence-corrected chi connectivity index (χ2v) is 9.32. The van der Waals surface area contributed by atoms with Gasteiger partial charge in [-0.05, 0) is 37.6 Å². The van der Waals surface area contributed by atoms with E-state index in [0.717, 1.165) is 12.1 Å². The van der Waals surface area contributed by atoms with Gasteiger partial charge >= 0.3 is 18.1 Å². The molecule has 1 aliphatic rings. The number of methoxy groups -OCH3 is 2. The van der Waals surface area contributed by atoms with Gasteiger partial charge in [0.05, 0.1) is 31.1 Å². The van der Waals surface area contributed by atoms with Gasteiger partial charge in [0.1, 0.15) is 10.9 Å². The number of hydrogen-bond donors (Lipinski definition) is 0. The second kappa shape index (κ2) is 10.3. The summed E-state index contributed by atoms with van der Waals surface area (Å²) in [4.78, 5) is 34.5. The first kappa shape index (κ1) is 26.3. The van der Waals surface area contributed by atoms with Gasteiger partial charge in [0.2, 0.25) is 0 Å². The molecular weight excluding hydrogens is 505 g/mol. The molecule has 3 aromatic rings. The van der Waals surface area contributed by atoms with Crippen molar-refractivity contribution in [2.75, 3.05) is 14.2 Å². The van der Waals surface area contributed by atoms with Gasteiger partial charge < -0.3 is 9.47 Å². The maximum atomic E-state index is 13.2. The highest BCUT2D eigenvalue weighted by atomic mass is 32.1. The molecule has 1 aromatic heterocycles. The first-order chi connectivity index (χ1) is 17.5. The number of thiazole rings is 1. The molecule has 0 amide bonds. The lowest BCUT2D eigenvalue weighted by Gasteiger charge is -2.31. The van der Waals surface area contributed by atoms with E-state index >= 15 is 0 Å². The number of aromatic nitrogens is 1. The fraction of sp³-hybridized carbons (Fsp3) is 0.259. The Bertz CT molecular complexity index is 1420. The summed E-state index contributed by atoms with van der Waals surface area (Å²) in [5.74, 6) is -2.68. The van der Waals surface area contributed by atoms with E-state index in [9.17, 15) is 22.8 Å². The molecule has 1 aliphatic heterocycles. The van der Waals surface area contributed by atoms with Gasteiger partial charge in [0.25, 0.3) is 0 Å². The number of alkyl halides is 3. The maximum Gasteiger partial charge on any atom is 0.416 e. The lowest BCUT2D eigenvalue weighted by Crippen LogP contribution is -2.36. The third-order valence-electron chi connectivity index (χ3n) is 6.17. The molecule has 6 nitrogen and oxygen atoms in total. The highest BCUT2D eigenvalue weighted by Crippen LogP contribution is 2.41. The van der Waals surface area contributed by atoms with Crippen molar-refractivity contribution < 1.29 is 32.2 Å². The molecule has 37 heavy (non-hydrogen) atoms. The average molecular weight is 529 g/mol. The quantitative estimate of drug-likeness (QED) is 0.364. The van der Waals surface area contributed by atoms with Crippen molar-refractivity contribution in [3.63, 3.8) is 0 Å². The van der Waals surface area contributed by atoms with Crippen LogP contribution >= 0.6 is 11.3 Å². The van der Waals surface area contributed by atoms with E-state index in [1.165, 1.54) is 31.6 Å². The van der Waals surface area contributed by atoms with E-state index in [1.54, 1.807) is 37.4 Å². The van der Waals surface area contributed by atoms with Crippen LogP contribution in [0, 0.1) is 5.92 Å². The third kappa shape index (κ3) is 5.20. The maximum absolute atomic E-state index is 13.2. The molecule has 0 radical (unpaired) electrons. The fourth-order valence-corrected chi connectivity index (χ4v) is 5.29. The predicted octanol–water partition coefficient (Wildman–Crippen LogP) is 6.29. The highest BCUT2D eigenvalue weighted by Gasteiger charge is 2.42. The molecule has 0 spiro atoms. The van der Waals surface area contributed by atoms with Crippen molar-refractivity contribution in [2.24, 2.45) is 10.9 Å². The zero-order chi connectivity index (χ0) is 26.9. The van der Waals surface area contributed by atoms with Crippen molar-refractivity contribution in [2.45, 2.75) is 25.9 Å². The SMILES string of the molecule is COC(=O)C1=C(C)N=C(C)C(C(=O)OC)C1c1cccc(-c2nc(-c3cccc(C(F)(F)F)c3)cs2)c1. The van der Waals surface area contributed by atoms with Crippen LogP contribution in [0.1, 0.15) is 30.9 Å². The van der Waals surface area contributed by atoms with E-state index in [1.807, 2.05) is 12.1 Å². The van der Waals surface area contributed by atoms with Crippen LogP contribution < -0.4 is 0 Å². The van der Waals surface area contributed by atoms with Gasteiger partial charge in [0.15, 0.2) is 0 Å². The van der Waals surface area contributed by atoms with E-state index in [4.69, 9.17) is 9.47 Å². The van der Waals surface area contributed by atoms with Crippen molar-refractivity contribution in [1.29, 1.82) is 0 Å². The van der Waals surface area contributed by atoms with Crippen molar-refractivity contribution >= 4 is 29.0 Å². The lowest BCUT2D eigenvalue weighted by molar-refractivity contribution is -0.144. The number of halogens is 3. The van der Waals surface area contributed by atoms with Crippen LogP contribution in [0.4, 0.5) is 13.2 Å². The topological polar surface area (TPSA) is 77.8 Å². The van der Waals surface area contributed by atoms with Crippen LogP contribution in [-0.4, -0.2) is 36.9 Å². The molecular formula is C27H23F3N2O4S. The zero-order valence-corrected chi connectivity index (χ0v) is 21.2. The van der Waals surface area contributed by atoms with E-state index in [-0.39, 0.29) is 5.57 Å². The number of esters is 2. The Hall–Kier alpha value is -3.79. The largest absolute Gasteiger partial charge is 0.468 e. The van der Waals surface area contributed by atoms with Gasteiger partial charge in [-0.1, -0.05) is 30.3 Å². The molecule has 192 valence electrons. The molecule has 2 aromatic carbocycles. The Morgan fingerprint density at radius 1 is 0.973 bits per heavy atom. The Kier molecular flexibility index (Phi) is 7.31. The summed E-state index contributed by atoms with van der Waals surface area (Å²) in [6, 6.07) is 12.2. The number of hydrogen-bond acceptors (Lipinski definition) is 7. The smallest absolute Gasteiger partial charge is 0.416 e. The summed E-state index contributed by atoms with van der Waals surface area (Å²) in [6.45, 7) is 3.39. The van der Waals surface area contributed by atoms with Crippen LogP contribution in [0.3, 0.4) is 0 Å². The molecule has 10 heteroatoms. The van der Waals surface area contributed by atoms with Crippen LogP contribution in [0.5, 0.6) is 0 Å². The average Bonchev–Trinajstić information content (AvgIpc) is 3.37. The number of carbonyl (C=O) groups is 2. The summed E-state index contributed by atoms with van der Waals surface area (Å²) in [5.41, 5.74) is 2.56. The standard InChI is InChI=1S/C27H23F3N2O4S/c1-14-21(25(33)35-3)23(22(15(2)31-14)26(34)36-4)17-8-5-9-18(11-17)24-32-20(13-37-24)16-7-6-10-19(12-16)27(28,29)30/h5-13,21,23H,1-4H3. The van der Waals surface area contributed by atoms with Crippen LogP contribution in [0.15, 0.2) is 70.2 Å². The first-order valence-corrected chi connectivity index (χ1v) is 12.1. The van der Waals surface area contributed by atoms with Gasteiger partial charge in [-0.2, -0.15) is 13.2 Å². The number of benzene rings is 2. The third-order valence-corrected chi connectivity index (χ3v) is 7.06. The Morgan fingerprint density at radius 3 is 2.35 bits per heavy atom. The molecule has 0 fully saturated rings. The molecule has 0 saturated carbocycles. The molecule has 0 aliphatic carbocycles. The van der Waals surface area contributed by atoms with Crippen molar-refractivity contribution in [3.05, 3.63) is 76.3 Å². The van der Waals surface area contributed by atoms with Crippen LogP contribution in [0.2, 0.25) is 0 Å². The number of nitrogens with zero attached hydrogens (tertiary/aromatic N) is 2. The van der Waals surface area contributed by atoms with E-state index in [0.29, 0.717) is 38.8 Å². The second-order valence-electron chi connectivity index (χ2n) is 8.46. The number of rotatable bonds is 5. The Labute approximate surface area is 215 Å². The summed E-state index contributed by atoms with van der Waals surface area (Å²) in [7, 11) is 2.54. The molecule has 0 saturated heterocycles. The Balaban J connectivity index is 1.77. The molecule has 4 rings (SSSR count). The number of ether oxygens (including phenoxy) is 2. The molecule has 2 atom stereocenters. The summed E-state index contributed by atoms with van der Waals surface area (Å²) in [6.07, 6.45) is -4.45. The summed E-state index contributed by atoms with van der Waals surface area (Å²) in [5, 5.41) is 2.27. The van der Waals surface area contributed by atoms with E-state index in [2.05, 4.69) is 9.98 Å². The van der Waals surface area contributed by atoms with Crippen molar-refractivity contribution in [1.82, 2.24) is 4.98 Å². The summed E-state index contributed by atoms with van der Waals surface area (Å²) >= 11 is 1.28. The van der Waals surface area contributed by atoms with Crippen LogP contribution in [-0.2, 0) is 25.2 Å². The van der Waals surface area contributed by atoms with E-state index < -0.39 is 35.5 Å². The minimum absolute atomic E-state index is 0.254. The van der Waals surface area contributed by atoms with Crippen molar-refractivity contribution in [3.8, 4) is 21.8 Å². The lowest BCUT2D eigenvalue weighted by atomic mass is 9.75. The summed E-state index contributed by atoms with van der Waals surface area (Å²) < 4.78 is 49.5. The number of carbonyl (C=O) groups excluding carboxylic acids is 2. The zero-order valence-electron chi connectivity index (χ0n) is 20.4. The monoisotopic (exact) mass is 528 g/mol.